The number of aromatic amines is 1. The van der Waals surface area contributed by atoms with Crippen molar-refractivity contribution in [3.63, 3.8) is 0 Å². The Hall–Kier alpha value is -3.44. The van der Waals surface area contributed by atoms with Gasteiger partial charge >= 0.3 is 5.97 Å². The van der Waals surface area contributed by atoms with Crippen molar-refractivity contribution in [3.05, 3.63) is 83.6 Å². The maximum Gasteiger partial charge on any atom is 0.337 e. The number of carbonyl (C=O) groups is 1. The minimum atomic E-state index is -1.08. The molecule has 6 heteroatoms. The summed E-state index contributed by atoms with van der Waals surface area (Å²) in [6.45, 7) is 0. The van der Waals surface area contributed by atoms with Crippen molar-refractivity contribution in [1.29, 1.82) is 0 Å². The monoisotopic (exact) mass is 375 g/mol. The molecule has 4 aromatic rings. The zero-order valence-corrected chi connectivity index (χ0v) is 14.8. The van der Waals surface area contributed by atoms with Gasteiger partial charge in [0, 0.05) is 29.1 Å². The zero-order valence-electron chi connectivity index (χ0n) is 14.1. The van der Waals surface area contributed by atoms with Gasteiger partial charge in [0.05, 0.1) is 22.0 Å². The highest BCUT2D eigenvalue weighted by Gasteiger charge is 2.18. The lowest BCUT2D eigenvalue weighted by atomic mass is 10.0. The van der Waals surface area contributed by atoms with Crippen LogP contribution in [0.3, 0.4) is 0 Å². The van der Waals surface area contributed by atoms with Gasteiger partial charge in [0.1, 0.15) is 5.82 Å². The van der Waals surface area contributed by atoms with Crippen LogP contribution < -0.4 is 0 Å². The van der Waals surface area contributed by atoms with Crippen LogP contribution in [0.4, 0.5) is 0 Å². The van der Waals surface area contributed by atoms with Crippen LogP contribution in [0.25, 0.3) is 33.9 Å². The van der Waals surface area contributed by atoms with Gasteiger partial charge in [-0.25, -0.2) is 9.78 Å². The number of rotatable bonds is 4. The number of aromatic carboxylic acids is 1. The van der Waals surface area contributed by atoms with E-state index >= 15 is 0 Å². The number of hydrogen-bond acceptors (Lipinski definition) is 3. The zero-order chi connectivity index (χ0) is 18.8. The molecule has 5 nitrogen and oxygen atoms in total. The fourth-order valence-electron chi connectivity index (χ4n) is 2.88. The molecular formula is C21H14ClN3O2. The minimum absolute atomic E-state index is 0.0408. The lowest BCUT2D eigenvalue weighted by Crippen LogP contribution is -1.98. The Bertz CT molecular complexity index is 1110. The van der Waals surface area contributed by atoms with Crippen molar-refractivity contribution in [3.8, 4) is 33.9 Å². The molecule has 0 unspecified atom stereocenters. The molecule has 0 saturated carbocycles. The number of imidazole rings is 1. The molecule has 0 spiro atoms. The number of H-pyrrole nitrogens is 1. The maximum atomic E-state index is 11.5. The van der Waals surface area contributed by atoms with Crippen molar-refractivity contribution in [2.75, 3.05) is 0 Å². The smallest absolute Gasteiger partial charge is 0.337 e. The van der Waals surface area contributed by atoms with E-state index in [2.05, 4.69) is 9.97 Å². The normalized spacial score (nSPS) is 10.7. The first kappa shape index (κ1) is 17.0. The van der Waals surface area contributed by atoms with Crippen LogP contribution in [-0.4, -0.2) is 26.0 Å². The van der Waals surface area contributed by atoms with Gasteiger partial charge < -0.3 is 10.1 Å². The first-order valence-electron chi connectivity index (χ1n) is 8.22. The van der Waals surface area contributed by atoms with Gasteiger partial charge in [-0.1, -0.05) is 48.0 Å². The predicted octanol–water partition coefficient (Wildman–Crippen LogP) is 5.16. The summed E-state index contributed by atoms with van der Waals surface area (Å²) >= 11 is 6.02. The molecule has 0 radical (unpaired) electrons. The Labute approximate surface area is 160 Å². The molecule has 132 valence electrons. The molecule has 0 fully saturated rings. The number of nitrogens with zero attached hydrogens (tertiary/aromatic N) is 2. The van der Waals surface area contributed by atoms with Gasteiger partial charge in [-0.05, 0) is 24.3 Å². The van der Waals surface area contributed by atoms with Crippen LogP contribution in [0.1, 0.15) is 10.4 Å². The average Bonchev–Trinajstić information content (AvgIpc) is 3.15. The molecule has 0 aliphatic rings. The van der Waals surface area contributed by atoms with Crippen LogP contribution in [0, 0.1) is 0 Å². The lowest BCUT2D eigenvalue weighted by Gasteiger charge is -2.05. The summed E-state index contributed by atoms with van der Waals surface area (Å²) < 4.78 is 0. The van der Waals surface area contributed by atoms with Crippen LogP contribution in [0.5, 0.6) is 0 Å². The summed E-state index contributed by atoms with van der Waals surface area (Å²) in [7, 11) is 0. The van der Waals surface area contributed by atoms with Crippen LogP contribution in [0.2, 0.25) is 5.02 Å². The predicted molar refractivity (Wildman–Crippen MR) is 105 cm³/mol. The van der Waals surface area contributed by atoms with Crippen molar-refractivity contribution in [1.82, 2.24) is 15.0 Å². The molecule has 0 amide bonds. The minimum Gasteiger partial charge on any atom is -0.478 e. The molecule has 2 aromatic carbocycles. The van der Waals surface area contributed by atoms with Gasteiger partial charge in [-0.2, -0.15) is 0 Å². The van der Waals surface area contributed by atoms with E-state index in [1.54, 1.807) is 30.6 Å². The molecule has 2 heterocycles. The van der Waals surface area contributed by atoms with Crippen molar-refractivity contribution < 1.29 is 9.90 Å². The molecule has 0 aliphatic carbocycles. The van der Waals surface area contributed by atoms with Gasteiger partial charge in [-0.3, -0.25) is 4.98 Å². The summed E-state index contributed by atoms with van der Waals surface area (Å²) in [5.74, 6) is -0.379. The van der Waals surface area contributed by atoms with Crippen molar-refractivity contribution in [2.45, 2.75) is 0 Å². The molecule has 0 atom stereocenters. The molecule has 2 N–H and O–H groups in total. The van der Waals surface area contributed by atoms with E-state index in [4.69, 9.17) is 16.6 Å². The van der Waals surface area contributed by atoms with E-state index in [0.29, 0.717) is 17.1 Å². The van der Waals surface area contributed by atoms with E-state index in [9.17, 15) is 9.90 Å². The number of aromatic nitrogens is 3. The third kappa shape index (κ3) is 3.32. The van der Waals surface area contributed by atoms with E-state index < -0.39 is 5.97 Å². The van der Waals surface area contributed by atoms with E-state index in [0.717, 1.165) is 16.8 Å². The Morgan fingerprint density at radius 3 is 2.37 bits per heavy atom. The number of nitrogens with one attached hydrogen (secondary N) is 1. The van der Waals surface area contributed by atoms with Crippen LogP contribution in [0.15, 0.2) is 73.1 Å². The molecule has 0 saturated heterocycles. The molecule has 4 rings (SSSR count). The second-order valence-corrected chi connectivity index (χ2v) is 6.32. The second kappa shape index (κ2) is 7.05. The topological polar surface area (TPSA) is 78.9 Å². The van der Waals surface area contributed by atoms with E-state index in [1.807, 2.05) is 42.5 Å². The Morgan fingerprint density at radius 2 is 1.67 bits per heavy atom. The van der Waals surface area contributed by atoms with Gasteiger partial charge in [0.15, 0.2) is 0 Å². The van der Waals surface area contributed by atoms with Crippen molar-refractivity contribution in [2.24, 2.45) is 0 Å². The number of benzene rings is 2. The first-order valence-corrected chi connectivity index (χ1v) is 8.60. The third-order valence-corrected chi connectivity index (χ3v) is 4.52. The van der Waals surface area contributed by atoms with Gasteiger partial charge in [0.25, 0.3) is 0 Å². The van der Waals surface area contributed by atoms with Gasteiger partial charge in [0.2, 0.25) is 0 Å². The van der Waals surface area contributed by atoms with Crippen LogP contribution in [-0.2, 0) is 0 Å². The van der Waals surface area contributed by atoms with E-state index in [-0.39, 0.29) is 10.6 Å². The third-order valence-electron chi connectivity index (χ3n) is 4.19. The maximum absolute atomic E-state index is 11.5. The van der Waals surface area contributed by atoms with Gasteiger partial charge in [-0.15, -0.1) is 0 Å². The molecule has 0 aliphatic heterocycles. The summed E-state index contributed by atoms with van der Waals surface area (Å²) in [5, 5.41) is 9.58. The first-order chi connectivity index (χ1) is 13.1. The summed E-state index contributed by atoms with van der Waals surface area (Å²) in [4.78, 5) is 23.6. The van der Waals surface area contributed by atoms with Crippen molar-refractivity contribution >= 4 is 17.6 Å². The summed E-state index contributed by atoms with van der Waals surface area (Å²) in [6.07, 6.45) is 3.40. The standard InChI is InChI=1S/C21H14ClN3O2/c22-17-7-6-15(12-16(17)21(26)27)19-18(13-8-10-23-11-9-13)24-20(25-19)14-4-2-1-3-5-14/h1-12H,(H,24,25)(H,26,27). The Kier molecular flexibility index (Phi) is 4.44. The summed E-state index contributed by atoms with van der Waals surface area (Å²) in [6, 6.07) is 18.4. The number of carboxylic acids is 1. The average molecular weight is 376 g/mol. The number of pyridine rings is 1. The number of halogens is 1. The fourth-order valence-corrected chi connectivity index (χ4v) is 3.08. The highest BCUT2D eigenvalue weighted by Crippen LogP contribution is 2.34. The second-order valence-electron chi connectivity index (χ2n) is 5.91. The Balaban J connectivity index is 1.93. The molecule has 0 bridgehead atoms. The van der Waals surface area contributed by atoms with Crippen LogP contribution >= 0.6 is 11.6 Å². The number of carboxylic acid groups (broad SMARTS) is 1. The van der Waals surface area contributed by atoms with E-state index in [1.165, 1.54) is 0 Å². The molecular weight excluding hydrogens is 362 g/mol. The quantitative estimate of drug-likeness (QED) is 0.516. The Morgan fingerprint density at radius 1 is 0.926 bits per heavy atom. The summed E-state index contributed by atoms with van der Waals surface area (Å²) in [5.41, 5.74) is 3.99. The lowest BCUT2D eigenvalue weighted by molar-refractivity contribution is 0.0697. The SMILES string of the molecule is O=C(O)c1cc(-c2nc(-c3ccccc3)[nH]c2-c2ccncc2)ccc1Cl. The highest BCUT2D eigenvalue weighted by atomic mass is 35.5. The number of hydrogen-bond donors (Lipinski definition) is 2. The fraction of sp³-hybridized carbons (Fsp3) is 0. The highest BCUT2D eigenvalue weighted by molar-refractivity contribution is 6.33. The largest absolute Gasteiger partial charge is 0.478 e. The molecule has 27 heavy (non-hydrogen) atoms. The molecule has 2 aromatic heterocycles.